The largest absolute Gasteiger partial charge is 0.384 e. The molecule has 16 heavy (non-hydrogen) atoms. The van der Waals surface area contributed by atoms with E-state index in [2.05, 4.69) is 39.0 Å². The quantitative estimate of drug-likeness (QED) is 0.851. The number of anilines is 2. The highest BCUT2D eigenvalue weighted by Gasteiger charge is 2.05. The Balaban J connectivity index is 1.94. The Labute approximate surface area is 98.6 Å². The lowest BCUT2D eigenvalue weighted by molar-refractivity contribution is 0.780. The van der Waals surface area contributed by atoms with E-state index in [-0.39, 0.29) is 6.04 Å². The van der Waals surface area contributed by atoms with Gasteiger partial charge in [-0.05, 0) is 41.8 Å². The fourth-order valence-electron chi connectivity index (χ4n) is 1.48. The average molecular weight is 234 g/mol. The van der Waals surface area contributed by atoms with Gasteiger partial charge in [0.2, 0.25) is 5.95 Å². The zero-order valence-electron chi connectivity index (χ0n) is 9.05. The number of nitrogens with one attached hydrogen (secondary N) is 1. The highest BCUT2D eigenvalue weighted by molar-refractivity contribution is 7.07. The number of hydrogen-bond acceptors (Lipinski definition) is 5. The highest BCUT2D eigenvalue weighted by atomic mass is 32.1. The fraction of sp³-hybridized carbons (Fsp3) is 0.273. The molecule has 2 aromatic heterocycles. The summed E-state index contributed by atoms with van der Waals surface area (Å²) in [6.07, 6.45) is 2.61. The first kappa shape index (κ1) is 10.9. The summed E-state index contributed by atoms with van der Waals surface area (Å²) < 4.78 is 0. The number of nitrogen functional groups attached to an aromatic ring is 1. The van der Waals surface area contributed by atoms with Crippen molar-refractivity contribution >= 4 is 23.1 Å². The molecule has 2 aromatic rings. The summed E-state index contributed by atoms with van der Waals surface area (Å²) in [7, 11) is 0. The molecule has 1 atom stereocenters. The van der Waals surface area contributed by atoms with E-state index in [4.69, 9.17) is 5.73 Å². The number of aromatic nitrogens is 2. The third-order valence-electron chi connectivity index (χ3n) is 2.17. The summed E-state index contributed by atoms with van der Waals surface area (Å²) in [6, 6.07) is 4.09. The second-order valence-corrected chi connectivity index (χ2v) is 4.47. The van der Waals surface area contributed by atoms with Crippen LogP contribution in [-0.2, 0) is 6.42 Å². The Hall–Kier alpha value is -1.62. The van der Waals surface area contributed by atoms with Crippen LogP contribution in [0.4, 0.5) is 11.8 Å². The van der Waals surface area contributed by atoms with E-state index in [0.29, 0.717) is 11.8 Å². The summed E-state index contributed by atoms with van der Waals surface area (Å²) in [4.78, 5) is 8.21. The van der Waals surface area contributed by atoms with Gasteiger partial charge in [-0.15, -0.1) is 0 Å². The first-order valence-corrected chi connectivity index (χ1v) is 6.04. The number of nitrogens with two attached hydrogens (primary N) is 1. The second-order valence-electron chi connectivity index (χ2n) is 3.69. The van der Waals surface area contributed by atoms with Gasteiger partial charge < -0.3 is 11.1 Å². The molecular weight excluding hydrogens is 220 g/mol. The topological polar surface area (TPSA) is 63.8 Å². The zero-order valence-corrected chi connectivity index (χ0v) is 9.87. The van der Waals surface area contributed by atoms with Crippen LogP contribution in [0.25, 0.3) is 0 Å². The van der Waals surface area contributed by atoms with Gasteiger partial charge in [0, 0.05) is 12.2 Å². The Kier molecular flexibility index (Phi) is 3.36. The molecule has 2 heterocycles. The maximum atomic E-state index is 5.58. The molecule has 0 aliphatic rings. The lowest BCUT2D eigenvalue weighted by Crippen LogP contribution is -2.19. The van der Waals surface area contributed by atoms with Crippen LogP contribution in [0.1, 0.15) is 12.5 Å². The number of nitrogens with zero attached hydrogens (tertiary/aromatic N) is 2. The van der Waals surface area contributed by atoms with Gasteiger partial charge in [-0.3, -0.25) is 0 Å². The van der Waals surface area contributed by atoms with Crippen LogP contribution >= 0.6 is 11.3 Å². The van der Waals surface area contributed by atoms with Crippen LogP contribution in [0.15, 0.2) is 29.1 Å². The molecule has 0 fully saturated rings. The molecule has 84 valence electrons. The van der Waals surface area contributed by atoms with Gasteiger partial charge in [0.05, 0.1) is 0 Å². The minimum absolute atomic E-state index is 0.288. The lowest BCUT2D eigenvalue weighted by Gasteiger charge is -2.12. The molecule has 0 bridgehead atoms. The van der Waals surface area contributed by atoms with Crippen LogP contribution in [-0.4, -0.2) is 16.0 Å². The SMILES string of the molecule is CC(Cc1ccsc1)Nc1nccc(N)n1. The summed E-state index contributed by atoms with van der Waals surface area (Å²) in [5.41, 5.74) is 6.91. The van der Waals surface area contributed by atoms with E-state index < -0.39 is 0 Å². The highest BCUT2D eigenvalue weighted by Crippen LogP contribution is 2.11. The van der Waals surface area contributed by atoms with E-state index in [0.717, 1.165) is 6.42 Å². The molecule has 0 aliphatic heterocycles. The summed E-state index contributed by atoms with van der Waals surface area (Å²) >= 11 is 1.71. The van der Waals surface area contributed by atoms with Crippen LogP contribution in [0.5, 0.6) is 0 Å². The lowest BCUT2D eigenvalue weighted by atomic mass is 10.1. The molecule has 1 unspecified atom stereocenters. The molecule has 0 saturated carbocycles. The van der Waals surface area contributed by atoms with Crippen molar-refractivity contribution < 1.29 is 0 Å². The second kappa shape index (κ2) is 4.94. The van der Waals surface area contributed by atoms with Gasteiger partial charge in [-0.1, -0.05) is 0 Å². The maximum Gasteiger partial charge on any atom is 0.224 e. The molecule has 0 amide bonds. The summed E-state index contributed by atoms with van der Waals surface area (Å²) in [6.45, 7) is 2.10. The third-order valence-corrected chi connectivity index (χ3v) is 2.91. The Morgan fingerprint density at radius 1 is 1.50 bits per heavy atom. The van der Waals surface area contributed by atoms with Gasteiger partial charge in [0.1, 0.15) is 5.82 Å². The smallest absolute Gasteiger partial charge is 0.224 e. The van der Waals surface area contributed by atoms with Crippen molar-refractivity contribution in [2.24, 2.45) is 0 Å². The normalized spacial score (nSPS) is 12.3. The van der Waals surface area contributed by atoms with Gasteiger partial charge >= 0.3 is 0 Å². The van der Waals surface area contributed by atoms with Crippen molar-refractivity contribution in [2.75, 3.05) is 11.1 Å². The molecule has 0 aliphatic carbocycles. The Bertz CT molecular complexity index is 441. The van der Waals surface area contributed by atoms with Crippen molar-refractivity contribution in [3.63, 3.8) is 0 Å². The van der Waals surface area contributed by atoms with Crippen LogP contribution < -0.4 is 11.1 Å². The van der Waals surface area contributed by atoms with Crippen LogP contribution in [0, 0.1) is 0 Å². The standard InChI is InChI=1S/C11H14N4S/c1-8(6-9-3-5-16-7-9)14-11-13-4-2-10(12)15-11/h2-5,7-8H,6H2,1H3,(H3,12,13,14,15). The van der Waals surface area contributed by atoms with Crippen molar-refractivity contribution in [1.29, 1.82) is 0 Å². The van der Waals surface area contributed by atoms with Gasteiger partial charge in [0.25, 0.3) is 0 Å². The molecule has 0 radical (unpaired) electrons. The monoisotopic (exact) mass is 234 g/mol. The Morgan fingerprint density at radius 2 is 2.38 bits per heavy atom. The fourth-order valence-corrected chi connectivity index (χ4v) is 2.16. The van der Waals surface area contributed by atoms with E-state index in [9.17, 15) is 0 Å². The number of rotatable bonds is 4. The molecule has 2 rings (SSSR count). The van der Waals surface area contributed by atoms with Gasteiger partial charge in [-0.2, -0.15) is 16.3 Å². The molecular formula is C11H14N4S. The molecule has 4 nitrogen and oxygen atoms in total. The van der Waals surface area contributed by atoms with Gasteiger partial charge in [0.15, 0.2) is 0 Å². The maximum absolute atomic E-state index is 5.58. The van der Waals surface area contributed by atoms with Crippen LogP contribution in [0.2, 0.25) is 0 Å². The van der Waals surface area contributed by atoms with E-state index >= 15 is 0 Å². The predicted molar refractivity (Wildman–Crippen MR) is 67.6 cm³/mol. The first-order valence-electron chi connectivity index (χ1n) is 5.10. The molecule has 0 saturated heterocycles. The Morgan fingerprint density at radius 3 is 3.06 bits per heavy atom. The average Bonchev–Trinajstić information content (AvgIpc) is 2.70. The van der Waals surface area contributed by atoms with Crippen molar-refractivity contribution in [1.82, 2.24) is 9.97 Å². The van der Waals surface area contributed by atoms with E-state index in [1.54, 1.807) is 23.6 Å². The zero-order chi connectivity index (χ0) is 11.4. The van der Waals surface area contributed by atoms with E-state index in [1.807, 2.05) is 0 Å². The molecule has 5 heteroatoms. The van der Waals surface area contributed by atoms with Crippen molar-refractivity contribution in [3.05, 3.63) is 34.7 Å². The molecule has 0 aromatic carbocycles. The van der Waals surface area contributed by atoms with Crippen molar-refractivity contribution in [3.8, 4) is 0 Å². The minimum atomic E-state index is 0.288. The summed E-state index contributed by atoms with van der Waals surface area (Å²) in [5.74, 6) is 1.07. The molecule has 3 N–H and O–H groups in total. The third kappa shape index (κ3) is 2.93. The van der Waals surface area contributed by atoms with Crippen LogP contribution in [0.3, 0.4) is 0 Å². The predicted octanol–water partition coefficient (Wildman–Crippen LogP) is 2.16. The minimum Gasteiger partial charge on any atom is -0.384 e. The number of hydrogen-bond donors (Lipinski definition) is 2. The van der Waals surface area contributed by atoms with Crippen molar-refractivity contribution in [2.45, 2.75) is 19.4 Å². The van der Waals surface area contributed by atoms with E-state index in [1.165, 1.54) is 5.56 Å². The molecule has 0 spiro atoms. The summed E-state index contributed by atoms with van der Waals surface area (Å²) in [5, 5.41) is 7.46. The number of thiophene rings is 1. The first-order chi connectivity index (χ1) is 7.74. The van der Waals surface area contributed by atoms with Gasteiger partial charge in [-0.25, -0.2) is 4.98 Å².